The van der Waals surface area contributed by atoms with Crippen LogP contribution in [0.2, 0.25) is 0 Å². The smallest absolute Gasteiger partial charge is 0.223 e. The van der Waals surface area contributed by atoms with Gasteiger partial charge in [0.2, 0.25) is 5.91 Å². The second-order valence-electron chi connectivity index (χ2n) is 5.63. The van der Waals surface area contributed by atoms with Crippen LogP contribution in [0.5, 0.6) is 0 Å². The molecule has 2 atom stereocenters. The van der Waals surface area contributed by atoms with Crippen LogP contribution in [0.3, 0.4) is 0 Å². The van der Waals surface area contributed by atoms with E-state index in [1.807, 2.05) is 6.07 Å². The molecule has 1 aromatic heterocycles. The third-order valence-corrected chi connectivity index (χ3v) is 4.06. The number of aliphatic hydroxyl groups excluding tert-OH is 1. The summed E-state index contributed by atoms with van der Waals surface area (Å²) in [6.07, 6.45) is 4.14. The Kier molecular flexibility index (Phi) is 4.24. The van der Waals surface area contributed by atoms with Crippen LogP contribution in [0, 0.1) is 5.82 Å². The molecule has 1 aliphatic rings. The predicted octanol–water partition coefficient (Wildman–Crippen LogP) is 2.69. The first-order chi connectivity index (χ1) is 10.6. The SMILES string of the molecule is O=C(CCc1ccoc1)N1C[C@@H](O)C[C@@H]1c1ccc(F)cc1. The number of aliphatic hydroxyl groups is 1. The Morgan fingerprint density at radius 2 is 2.09 bits per heavy atom. The fraction of sp³-hybridized carbons (Fsp3) is 0.353. The van der Waals surface area contributed by atoms with Crippen LogP contribution in [0.25, 0.3) is 0 Å². The number of hydrogen-bond donors (Lipinski definition) is 1. The van der Waals surface area contributed by atoms with Crippen LogP contribution >= 0.6 is 0 Å². The Bertz CT molecular complexity index is 624. The average Bonchev–Trinajstić information content (AvgIpc) is 3.15. The molecule has 4 nitrogen and oxygen atoms in total. The maximum absolute atomic E-state index is 13.0. The van der Waals surface area contributed by atoms with Crippen molar-refractivity contribution < 1.29 is 18.7 Å². The number of likely N-dealkylation sites (tertiary alicyclic amines) is 1. The number of nitrogens with zero attached hydrogens (tertiary/aromatic N) is 1. The van der Waals surface area contributed by atoms with E-state index in [2.05, 4.69) is 0 Å². The van der Waals surface area contributed by atoms with Gasteiger partial charge < -0.3 is 14.4 Å². The molecule has 116 valence electrons. The summed E-state index contributed by atoms with van der Waals surface area (Å²) in [5.74, 6) is -0.313. The van der Waals surface area contributed by atoms with Gasteiger partial charge in [0, 0.05) is 13.0 Å². The summed E-state index contributed by atoms with van der Waals surface area (Å²) in [5.41, 5.74) is 1.83. The first-order valence-corrected chi connectivity index (χ1v) is 7.37. The molecule has 1 amide bonds. The molecule has 2 aromatic rings. The lowest BCUT2D eigenvalue weighted by atomic mass is 10.0. The molecule has 1 fully saturated rings. The Morgan fingerprint density at radius 3 is 2.77 bits per heavy atom. The number of carbonyl (C=O) groups is 1. The number of aryl methyl sites for hydroxylation is 1. The molecular formula is C17H18FNO3. The number of carbonyl (C=O) groups excluding carboxylic acids is 1. The Balaban J connectivity index is 1.69. The van der Waals surface area contributed by atoms with Crippen LogP contribution in [0.15, 0.2) is 47.3 Å². The van der Waals surface area contributed by atoms with Crippen molar-refractivity contribution in [2.45, 2.75) is 31.4 Å². The van der Waals surface area contributed by atoms with Crippen molar-refractivity contribution in [1.82, 2.24) is 4.90 Å². The van der Waals surface area contributed by atoms with E-state index in [1.165, 1.54) is 12.1 Å². The largest absolute Gasteiger partial charge is 0.472 e. The minimum atomic E-state index is -0.534. The Labute approximate surface area is 128 Å². The third kappa shape index (κ3) is 3.20. The summed E-state index contributed by atoms with van der Waals surface area (Å²) in [4.78, 5) is 14.1. The van der Waals surface area contributed by atoms with Crippen LogP contribution in [-0.4, -0.2) is 28.6 Å². The van der Waals surface area contributed by atoms with Crippen LogP contribution in [0.1, 0.15) is 30.0 Å². The van der Waals surface area contributed by atoms with Crippen molar-refractivity contribution in [1.29, 1.82) is 0 Å². The summed E-state index contributed by atoms with van der Waals surface area (Å²) < 4.78 is 18.0. The number of β-amino-alcohol motifs (C(OH)–C–C–N with tert-alkyl or cyclic N) is 1. The normalized spacial score (nSPS) is 21.3. The topological polar surface area (TPSA) is 53.7 Å². The van der Waals surface area contributed by atoms with Gasteiger partial charge in [-0.25, -0.2) is 4.39 Å². The van der Waals surface area contributed by atoms with E-state index in [9.17, 15) is 14.3 Å². The van der Waals surface area contributed by atoms with Gasteiger partial charge in [0.15, 0.2) is 0 Å². The first-order valence-electron chi connectivity index (χ1n) is 7.37. The zero-order valence-electron chi connectivity index (χ0n) is 12.1. The highest BCUT2D eigenvalue weighted by atomic mass is 19.1. The van der Waals surface area contributed by atoms with Gasteiger partial charge in [-0.2, -0.15) is 0 Å². The van der Waals surface area contributed by atoms with Crippen molar-refractivity contribution in [3.05, 3.63) is 59.8 Å². The summed E-state index contributed by atoms with van der Waals surface area (Å²) >= 11 is 0. The average molecular weight is 303 g/mol. The van der Waals surface area contributed by atoms with Gasteiger partial charge >= 0.3 is 0 Å². The van der Waals surface area contributed by atoms with E-state index in [1.54, 1.807) is 29.6 Å². The number of hydrogen-bond acceptors (Lipinski definition) is 3. The molecule has 3 rings (SSSR count). The van der Waals surface area contributed by atoms with E-state index >= 15 is 0 Å². The highest BCUT2D eigenvalue weighted by Gasteiger charge is 2.34. The van der Waals surface area contributed by atoms with E-state index < -0.39 is 6.10 Å². The minimum absolute atomic E-state index is 0.00734. The van der Waals surface area contributed by atoms with Gasteiger partial charge in [-0.15, -0.1) is 0 Å². The molecule has 1 saturated heterocycles. The molecule has 5 heteroatoms. The van der Waals surface area contributed by atoms with Crippen molar-refractivity contribution in [3.8, 4) is 0 Å². The van der Waals surface area contributed by atoms with Crippen molar-refractivity contribution in [3.63, 3.8) is 0 Å². The van der Waals surface area contributed by atoms with Gasteiger partial charge in [0.05, 0.1) is 24.7 Å². The molecule has 22 heavy (non-hydrogen) atoms. The molecule has 1 N–H and O–H groups in total. The van der Waals surface area contributed by atoms with Crippen molar-refractivity contribution in [2.75, 3.05) is 6.54 Å². The second-order valence-corrected chi connectivity index (χ2v) is 5.63. The number of furan rings is 1. The van der Waals surface area contributed by atoms with Gasteiger partial charge in [-0.1, -0.05) is 12.1 Å². The van der Waals surface area contributed by atoms with Gasteiger partial charge in [0.25, 0.3) is 0 Å². The Morgan fingerprint density at radius 1 is 1.32 bits per heavy atom. The summed E-state index contributed by atoms with van der Waals surface area (Å²) in [6, 6.07) is 7.77. The highest BCUT2D eigenvalue weighted by Crippen LogP contribution is 2.32. The molecule has 0 unspecified atom stereocenters. The first kappa shape index (κ1) is 14.8. The van der Waals surface area contributed by atoms with Crippen LogP contribution < -0.4 is 0 Å². The molecule has 0 saturated carbocycles. The minimum Gasteiger partial charge on any atom is -0.472 e. The molecule has 0 spiro atoms. The van der Waals surface area contributed by atoms with Crippen molar-refractivity contribution >= 4 is 5.91 Å². The summed E-state index contributed by atoms with van der Waals surface area (Å²) in [5, 5.41) is 9.90. The van der Waals surface area contributed by atoms with E-state index in [4.69, 9.17) is 4.42 Å². The monoisotopic (exact) mass is 303 g/mol. The molecule has 1 aliphatic heterocycles. The lowest BCUT2D eigenvalue weighted by molar-refractivity contribution is -0.132. The number of halogens is 1. The van der Waals surface area contributed by atoms with Gasteiger partial charge in [0.1, 0.15) is 5.82 Å². The summed E-state index contributed by atoms with van der Waals surface area (Å²) in [7, 11) is 0. The molecule has 0 radical (unpaired) electrons. The van der Waals surface area contributed by atoms with E-state index in [0.717, 1.165) is 11.1 Å². The predicted molar refractivity (Wildman–Crippen MR) is 78.5 cm³/mol. The number of amides is 1. The van der Waals surface area contributed by atoms with E-state index in [0.29, 0.717) is 25.8 Å². The zero-order chi connectivity index (χ0) is 15.5. The third-order valence-electron chi connectivity index (χ3n) is 4.06. The highest BCUT2D eigenvalue weighted by molar-refractivity contribution is 5.77. The molecular weight excluding hydrogens is 285 g/mol. The Hall–Kier alpha value is -2.14. The fourth-order valence-corrected chi connectivity index (χ4v) is 2.92. The molecule has 0 bridgehead atoms. The van der Waals surface area contributed by atoms with Crippen molar-refractivity contribution in [2.24, 2.45) is 0 Å². The zero-order valence-corrected chi connectivity index (χ0v) is 12.1. The molecule has 0 aliphatic carbocycles. The lowest BCUT2D eigenvalue weighted by Crippen LogP contribution is -2.31. The maximum Gasteiger partial charge on any atom is 0.223 e. The van der Waals surface area contributed by atoms with Crippen LogP contribution in [0.4, 0.5) is 4.39 Å². The molecule has 2 heterocycles. The van der Waals surface area contributed by atoms with Gasteiger partial charge in [-0.05, 0) is 42.2 Å². The van der Waals surface area contributed by atoms with Crippen LogP contribution in [-0.2, 0) is 11.2 Å². The van der Waals surface area contributed by atoms with E-state index in [-0.39, 0.29) is 17.8 Å². The number of benzene rings is 1. The quantitative estimate of drug-likeness (QED) is 0.945. The number of rotatable bonds is 4. The summed E-state index contributed by atoms with van der Waals surface area (Å²) in [6.45, 7) is 0.326. The van der Waals surface area contributed by atoms with Gasteiger partial charge in [-0.3, -0.25) is 4.79 Å². The molecule has 1 aromatic carbocycles. The fourth-order valence-electron chi connectivity index (χ4n) is 2.92. The standard InChI is InChI=1S/C17H18FNO3/c18-14-4-2-13(3-5-14)16-9-15(20)10-19(16)17(21)6-1-12-7-8-22-11-12/h2-5,7-8,11,15-16,20H,1,6,9-10H2/t15-,16+/m0/s1. The lowest BCUT2D eigenvalue weighted by Gasteiger charge is -2.24. The maximum atomic E-state index is 13.0. The second kappa shape index (κ2) is 6.32.